The minimum absolute atomic E-state index is 0.129. The van der Waals surface area contributed by atoms with Gasteiger partial charge in [-0.05, 0) is 49.2 Å². The maximum Gasteiger partial charge on any atom is 0.323 e. The molecule has 0 spiro atoms. The number of pyridine rings is 1. The molecule has 1 aliphatic heterocycles. The highest BCUT2D eigenvalue weighted by Gasteiger charge is 2.41. The largest absolute Gasteiger partial charge is 0.481 e. The molecule has 1 aliphatic rings. The molecule has 0 saturated carbocycles. The Balaban J connectivity index is 1.67. The molecule has 3 aromatic rings. The standard InChI is InChI=1S/C28H28FN5O5/c1-18-6-2-7-19(14-18)23(16-24(35)36)32-25(37)26-33(27(38)20-8-4-11-30-17-20)12-5-13-34(26)28(39)31-22-10-3-9-21(29)15-22/h2-4,6-11,14-15,17,23,26H,5,12-13,16H2,1H3,(H,31,39)(H,32,37)(H,35,36). The Bertz CT molecular complexity index is 1370. The summed E-state index contributed by atoms with van der Waals surface area (Å²) >= 11 is 0. The second kappa shape index (κ2) is 12.2. The van der Waals surface area contributed by atoms with E-state index in [4.69, 9.17) is 0 Å². The smallest absolute Gasteiger partial charge is 0.323 e. The summed E-state index contributed by atoms with van der Waals surface area (Å²) in [6.07, 6.45) is 1.44. The Morgan fingerprint density at radius 1 is 1.05 bits per heavy atom. The van der Waals surface area contributed by atoms with Gasteiger partial charge in [0.25, 0.3) is 11.8 Å². The topological polar surface area (TPSA) is 132 Å². The van der Waals surface area contributed by atoms with Crippen LogP contribution in [0.2, 0.25) is 0 Å². The van der Waals surface area contributed by atoms with Crippen LogP contribution < -0.4 is 10.6 Å². The van der Waals surface area contributed by atoms with Gasteiger partial charge >= 0.3 is 12.0 Å². The number of hydrogen-bond acceptors (Lipinski definition) is 5. The van der Waals surface area contributed by atoms with Crippen molar-refractivity contribution in [2.45, 2.75) is 32.0 Å². The summed E-state index contributed by atoms with van der Waals surface area (Å²) < 4.78 is 13.7. The molecule has 1 saturated heterocycles. The highest BCUT2D eigenvalue weighted by molar-refractivity contribution is 6.00. The van der Waals surface area contributed by atoms with Crippen molar-refractivity contribution in [3.63, 3.8) is 0 Å². The number of hydrogen-bond donors (Lipinski definition) is 3. The fourth-order valence-electron chi connectivity index (χ4n) is 4.51. The zero-order valence-corrected chi connectivity index (χ0v) is 21.2. The van der Waals surface area contributed by atoms with Crippen LogP contribution in [0.3, 0.4) is 0 Å². The van der Waals surface area contributed by atoms with Gasteiger partial charge in [-0.2, -0.15) is 0 Å². The van der Waals surface area contributed by atoms with Crippen LogP contribution in [0.4, 0.5) is 14.9 Å². The lowest BCUT2D eigenvalue weighted by atomic mass is 10.0. The molecule has 2 atom stereocenters. The number of carboxylic acid groups (broad SMARTS) is 1. The number of nitrogens with zero attached hydrogens (tertiary/aromatic N) is 3. The highest BCUT2D eigenvalue weighted by atomic mass is 19.1. The molecule has 4 amide bonds. The van der Waals surface area contributed by atoms with Crippen LogP contribution in [0, 0.1) is 12.7 Å². The Hall–Kier alpha value is -4.80. The van der Waals surface area contributed by atoms with E-state index in [0.29, 0.717) is 12.0 Å². The molecule has 39 heavy (non-hydrogen) atoms. The minimum atomic E-state index is -1.40. The molecule has 202 valence electrons. The summed E-state index contributed by atoms with van der Waals surface area (Å²) in [6, 6.07) is 13.9. The second-order valence-electron chi connectivity index (χ2n) is 9.17. The van der Waals surface area contributed by atoms with Gasteiger partial charge in [-0.3, -0.25) is 24.3 Å². The number of aryl methyl sites for hydroxylation is 1. The second-order valence-corrected chi connectivity index (χ2v) is 9.17. The van der Waals surface area contributed by atoms with E-state index >= 15 is 0 Å². The first-order chi connectivity index (χ1) is 18.7. The Labute approximate surface area is 224 Å². The van der Waals surface area contributed by atoms with E-state index in [-0.39, 0.29) is 24.3 Å². The number of carbonyl (C=O) groups excluding carboxylic acids is 3. The summed E-state index contributed by atoms with van der Waals surface area (Å²) in [5.74, 6) is -2.93. The molecule has 2 heterocycles. The lowest BCUT2D eigenvalue weighted by Crippen LogP contribution is -2.64. The number of aromatic nitrogens is 1. The van der Waals surface area contributed by atoms with Gasteiger partial charge in [0.15, 0.2) is 6.17 Å². The van der Waals surface area contributed by atoms with Crippen LogP contribution in [0.15, 0.2) is 73.1 Å². The third kappa shape index (κ3) is 6.75. The number of carboxylic acids is 1. The zero-order valence-electron chi connectivity index (χ0n) is 21.2. The number of anilines is 1. The van der Waals surface area contributed by atoms with Crippen LogP contribution in [0.1, 0.15) is 40.4 Å². The van der Waals surface area contributed by atoms with Crippen LogP contribution in [-0.4, -0.2) is 63.0 Å². The summed E-state index contributed by atoms with van der Waals surface area (Å²) in [6.45, 7) is 2.14. The molecular formula is C28H28FN5O5. The monoisotopic (exact) mass is 533 g/mol. The number of rotatable bonds is 7. The van der Waals surface area contributed by atoms with Crippen molar-refractivity contribution in [1.29, 1.82) is 0 Å². The molecule has 3 N–H and O–H groups in total. The van der Waals surface area contributed by atoms with Crippen molar-refractivity contribution in [3.8, 4) is 0 Å². The SMILES string of the molecule is Cc1cccc(C(CC(=O)O)NC(=O)C2N(C(=O)Nc3cccc(F)c3)CCCN2C(=O)c2cccnc2)c1. The van der Waals surface area contributed by atoms with E-state index in [9.17, 15) is 28.7 Å². The van der Waals surface area contributed by atoms with E-state index in [0.717, 1.165) is 11.6 Å². The number of nitrogens with one attached hydrogen (secondary N) is 2. The van der Waals surface area contributed by atoms with Gasteiger partial charge in [0.05, 0.1) is 18.0 Å². The van der Waals surface area contributed by atoms with Gasteiger partial charge in [-0.25, -0.2) is 9.18 Å². The first kappa shape index (κ1) is 27.2. The van der Waals surface area contributed by atoms with E-state index in [1.807, 2.05) is 13.0 Å². The first-order valence-electron chi connectivity index (χ1n) is 12.4. The lowest BCUT2D eigenvalue weighted by molar-refractivity contribution is -0.138. The van der Waals surface area contributed by atoms with Crippen LogP contribution in [-0.2, 0) is 9.59 Å². The summed E-state index contributed by atoms with van der Waals surface area (Å²) in [5, 5.41) is 14.9. The molecule has 0 radical (unpaired) electrons. The van der Waals surface area contributed by atoms with Crippen molar-refractivity contribution in [1.82, 2.24) is 20.1 Å². The van der Waals surface area contributed by atoms with E-state index in [2.05, 4.69) is 15.6 Å². The van der Waals surface area contributed by atoms with Gasteiger partial charge in [0.1, 0.15) is 5.82 Å². The lowest BCUT2D eigenvalue weighted by Gasteiger charge is -2.43. The van der Waals surface area contributed by atoms with Crippen molar-refractivity contribution < 1.29 is 28.7 Å². The molecule has 4 rings (SSSR count). The number of carbonyl (C=O) groups is 4. The highest BCUT2D eigenvalue weighted by Crippen LogP contribution is 2.23. The molecule has 2 unspecified atom stereocenters. The van der Waals surface area contributed by atoms with Crippen LogP contribution in [0.5, 0.6) is 0 Å². The predicted octanol–water partition coefficient (Wildman–Crippen LogP) is 3.57. The molecule has 2 aromatic carbocycles. The molecule has 1 fully saturated rings. The number of urea groups is 1. The van der Waals surface area contributed by atoms with E-state index in [1.54, 1.807) is 30.3 Å². The van der Waals surface area contributed by atoms with Gasteiger partial charge in [-0.15, -0.1) is 0 Å². The average molecular weight is 534 g/mol. The molecule has 1 aromatic heterocycles. The average Bonchev–Trinajstić information content (AvgIpc) is 2.92. The minimum Gasteiger partial charge on any atom is -0.481 e. The van der Waals surface area contributed by atoms with Crippen LogP contribution in [0.25, 0.3) is 0 Å². The fraction of sp³-hybridized carbons (Fsp3) is 0.250. The summed E-state index contributed by atoms with van der Waals surface area (Å²) in [4.78, 5) is 58.7. The Morgan fingerprint density at radius 3 is 2.51 bits per heavy atom. The fourth-order valence-corrected chi connectivity index (χ4v) is 4.51. The quantitative estimate of drug-likeness (QED) is 0.426. The summed E-state index contributed by atoms with van der Waals surface area (Å²) in [7, 11) is 0. The van der Waals surface area contributed by atoms with Gasteiger partial charge in [0, 0.05) is 31.2 Å². The molecule has 0 bridgehead atoms. The summed E-state index contributed by atoms with van der Waals surface area (Å²) in [5.41, 5.74) is 1.85. The van der Waals surface area contributed by atoms with Gasteiger partial charge in [0.2, 0.25) is 0 Å². The van der Waals surface area contributed by atoms with Crippen molar-refractivity contribution in [3.05, 3.63) is 95.6 Å². The molecule has 11 heteroatoms. The first-order valence-corrected chi connectivity index (χ1v) is 12.4. The van der Waals surface area contributed by atoms with Crippen molar-refractivity contribution in [2.75, 3.05) is 18.4 Å². The van der Waals surface area contributed by atoms with E-state index in [1.165, 1.54) is 40.4 Å². The number of aliphatic carboxylic acids is 1. The molecule has 0 aliphatic carbocycles. The molecule has 10 nitrogen and oxygen atoms in total. The molecular weight excluding hydrogens is 505 g/mol. The van der Waals surface area contributed by atoms with Gasteiger partial charge in [-0.1, -0.05) is 35.9 Å². The van der Waals surface area contributed by atoms with Crippen LogP contribution >= 0.6 is 0 Å². The Kier molecular flexibility index (Phi) is 8.50. The third-order valence-corrected chi connectivity index (χ3v) is 6.27. The third-order valence-electron chi connectivity index (χ3n) is 6.27. The predicted molar refractivity (Wildman–Crippen MR) is 140 cm³/mol. The van der Waals surface area contributed by atoms with Crippen molar-refractivity contribution in [2.24, 2.45) is 0 Å². The van der Waals surface area contributed by atoms with Gasteiger partial charge < -0.3 is 20.6 Å². The zero-order chi connectivity index (χ0) is 27.9. The van der Waals surface area contributed by atoms with E-state index < -0.39 is 48.3 Å². The maximum absolute atomic E-state index is 13.8. The maximum atomic E-state index is 13.8. The Morgan fingerprint density at radius 2 is 1.82 bits per heavy atom. The number of halogens is 1. The number of benzene rings is 2. The normalized spacial score (nSPS) is 15.8. The van der Waals surface area contributed by atoms with Crippen molar-refractivity contribution >= 4 is 29.5 Å². The number of amides is 4.